The number of aromatic nitrogens is 1. The minimum Gasteiger partial charge on any atom is -0.256 e. The molecule has 0 aliphatic rings. The molecule has 250 valence electrons. The summed E-state index contributed by atoms with van der Waals surface area (Å²) in [6, 6.07) is 71.1. The van der Waals surface area contributed by atoms with Crippen LogP contribution < -0.4 is 0 Å². The molecular formula is C53H33N. The molecular weight excluding hydrogens is 651 g/mol. The van der Waals surface area contributed by atoms with Crippen molar-refractivity contribution in [2.45, 2.75) is 0 Å². The highest BCUT2D eigenvalue weighted by Gasteiger charge is 2.18. The van der Waals surface area contributed by atoms with E-state index in [1.807, 2.05) is 6.20 Å². The third-order valence-corrected chi connectivity index (χ3v) is 11.2. The average molecular weight is 684 g/mol. The van der Waals surface area contributed by atoms with E-state index in [-0.39, 0.29) is 0 Å². The van der Waals surface area contributed by atoms with Crippen LogP contribution in [0.5, 0.6) is 0 Å². The first-order valence-electron chi connectivity index (χ1n) is 18.6. The fraction of sp³-hybridized carbons (Fsp3) is 0. The highest BCUT2D eigenvalue weighted by Crippen LogP contribution is 2.44. The lowest BCUT2D eigenvalue weighted by Crippen LogP contribution is -1.93. The fourth-order valence-electron chi connectivity index (χ4n) is 8.50. The van der Waals surface area contributed by atoms with Crippen molar-refractivity contribution in [1.29, 1.82) is 0 Å². The topological polar surface area (TPSA) is 12.9 Å². The van der Waals surface area contributed by atoms with Crippen molar-refractivity contribution in [3.05, 3.63) is 200 Å². The lowest BCUT2D eigenvalue weighted by molar-refractivity contribution is 1.42. The monoisotopic (exact) mass is 683 g/mol. The van der Waals surface area contributed by atoms with Crippen LogP contribution in [0.25, 0.3) is 109 Å². The van der Waals surface area contributed by atoms with Crippen LogP contribution in [-0.2, 0) is 0 Å². The summed E-state index contributed by atoms with van der Waals surface area (Å²) in [4.78, 5) is 5.08. The molecule has 0 amide bonds. The molecule has 0 aliphatic heterocycles. The Morgan fingerprint density at radius 3 is 1.07 bits per heavy atom. The Labute approximate surface area is 313 Å². The molecule has 1 nitrogen and oxygen atoms in total. The molecule has 0 radical (unpaired) electrons. The van der Waals surface area contributed by atoms with Gasteiger partial charge in [0, 0.05) is 17.1 Å². The Kier molecular flexibility index (Phi) is 6.93. The summed E-state index contributed by atoms with van der Waals surface area (Å²) in [7, 11) is 0. The Morgan fingerprint density at radius 1 is 0.241 bits per heavy atom. The molecule has 0 saturated carbocycles. The average Bonchev–Trinajstić information content (AvgIpc) is 3.24. The van der Waals surface area contributed by atoms with Crippen molar-refractivity contribution >= 4 is 64.8 Å². The van der Waals surface area contributed by atoms with Gasteiger partial charge >= 0.3 is 0 Å². The standard InChI is InChI=1S/C53H33N/c1-3-10-36-28-38(17-15-34(36)8-1)40-19-21-44-32-46(25-23-42(44)30-40)51-48-12-5-6-13-49(48)52(53-50(51)14-7-27-54-53)47-26-24-43-31-41(20-22-45(43)33-47)39-18-16-35-9-2-4-11-37(35)29-39/h1-33H. The van der Waals surface area contributed by atoms with Gasteiger partial charge in [-0.3, -0.25) is 4.98 Å². The zero-order valence-electron chi connectivity index (χ0n) is 29.5. The largest absolute Gasteiger partial charge is 0.256 e. The van der Waals surface area contributed by atoms with E-state index in [0.29, 0.717) is 0 Å². The Bertz CT molecular complexity index is 3000. The van der Waals surface area contributed by atoms with Crippen molar-refractivity contribution in [3.8, 4) is 44.5 Å². The van der Waals surface area contributed by atoms with Crippen molar-refractivity contribution in [2.75, 3.05) is 0 Å². The second-order valence-corrected chi connectivity index (χ2v) is 14.4. The zero-order valence-corrected chi connectivity index (χ0v) is 29.5. The van der Waals surface area contributed by atoms with E-state index in [2.05, 4.69) is 194 Å². The SMILES string of the molecule is c1ccc2cc(-c3ccc4cc(-c5c6ccccc6c(-c6ccc7cc(-c8ccc9ccccc9c8)ccc7c6)c6ncccc56)ccc4c3)ccc2c1. The number of rotatable bonds is 4. The van der Waals surface area contributed by atoms with E-state index >= 15 is 0 Å². The van der Waals surface area contributed by atoms with Crippen molar-refractivity contribution in [2.24, 2.45) is 0 Å². The van der Waals surface area contributed by atoms with Gasteiger partial charge in [0.1, 0.15) is 0 Å². The highest BCUT2D eigenvalue weighted by molar-refractivity contribution is 6.21. The van der Waals surface area contributed by atoms with Crippen LogP contribution >= 0.6 is 0 Å². The van der Waals surface area contributed by atoms with Gasteiger partial charge in [0.05, 0.1) is 5.52 Å². The Hall–Kier alpha value is -7.09. The van der Waals surface area contributed by atoms with Crippen LogP contribution in [0.15, 0.2) is 200 Å². The molecule has 11 rings (SSSR count). The normalized spacial score (nSPS) is 11.7. The minimum absolute atomic E-state index is 1.02. The summed E-state index contributed by atoms with van der Waals surface area (Å²) in [5, 5.41) is 13.5. The van der Waals surface area contributed by atoms with E-state index in [1.54, 1.807) is 0 Å². The molecule has 0 bridgehead atoms. The van der Waals surface area contributed by atoms with Gasteiger partial charge in [-0.1, -0.05) is 152 Å². The second-order valence-electron chi connectivity index (χ2n) is 14.4. The van der Waals surface area contributed by atoms with Crippen molar-refractivity contribution in [3.63, 3.8) is 0 Å². The lowest BCUT2D eigenvalue weighted by atomic mass is 9.87. The maximum Gasteiger partial charge on any atom is 0.0792 e. The van der Waals surface area contributed by atoms with E-state index < -0.39 is 0 Å². The van der Waals surface area contributed by atoms with Gasteiger partial charge in [0.15, 0.2) is 0 Å². The molecule has 0 aliphatic carbocycles. The van der Waals surface area contributed by atoms with Crippen molar-refractivity contribution in [1.82, 2.24) is 4.98 Å². The third kappa shape index (κ3) is 5.05. The summed E-state index contributed by atoms with van der Waals surface area (Å²) in [5.74, 6) is 0. The molecule has 54 heavy (non-hydrogen) atoms. The van der Waals surface area contributed by atoms with E-state index in [0.717, 1.165) is 10.9 Å². The van der Waals surface area contributed by atoms with Gasteiger partial charge in [-0.15, -0.1) is 0 Å². The fourth-order valence-corrected chi connectivity index (χ4v) is 8.50. The number of nitrogens with zero attached hydrogens (tertiary/aromatic N) is 1. The smallest absolute Gasteiger partial charge is 0.0792 e. The number of hydrogen-bond donors (Lipinski definition) is 0. The molecule has 0 atom stereocenters. The summed E-state index contributed by atoms with van der Waals surface area (Å²) < 4.78 is 0. The van der Waals surface area contributed by atoms with Gasteiger partial charge in [-0.05, 0) is 135 Å². The number of hydrogen-bond acceptors (Lipinski definition) is 1. The van der Waals surface area contributed by atoms with Crippen molar-refractivity contribution < 1.29 is 0 Å². The molecule has 0 fully saturated rings. The zero-order chi connectivity index (χ0) is 35.6. The quantitative estimate of drug-likeness (QED) is 0.168. The maximum absolute atomic E-state index is 5.08. The molecule has 0 spiro atoms. The van der Waals surface area contributed by atoms with E-state index in [4.69, 9.17) is 4.98 Å². The lowest BCUT2D eigenvalue weighted by Gasteiger charge is -2.18. The Morgan fingerprint density at radius 2 is 0.574 bits per heavy atom. The summed E-state index contributed by atoms with van der Waals surface area (Å²) in [5.41, 5.74) is 10.7. The molecule has 10 aromatic carbocycles. The van der Waals surface area contributed by atoms with Gasteiger partial charge in [0.2, 0.25) is 0 Å². The summed E-state index contributed by atoms with van der Waals surface area (Å²) >= 11 is 0. The van der Waals surface area contributed by atoms with E-state index in [1.165, 1.54) is 98.4 Å². The van der Waals surface area contributed by atoms with Crippen LogP contribution in [0.3, 0.4) is 0 Å². The van der Waals surface area contributed by atoms with E-state index in [9.17, 15) is 0 Å². The number of pyridine rings is 1. The third-order valence-electron chi connectivity index (χ3n) is 11.2. The molecule has 1 aromatic heterocycles. The minimum atomic E-state index is 1.02. The first-order valence-corrected chi connectivity index (χ1v) is 18.6. The van der Waals surface area contributed by atoms with Crippen LogP contribution in [0, 0.1) is 0 Å². The first-order chi connectivity index (χ1) is 26.7. The summed E-state index contributed by atoms with van der Waals surface area (Å²) in [6.45, 7) is 0. The van der Waals surface area contributed by atoms with Gasteiger partial charge in [-0.25, -0.2) is 0 Å². The molecule has 1 heterocycles. The van der Waals surface area contributed by atoms with Gasteiger partial charge in [0.25, 0.3) is 0 Å². The van der Waals surface area contributed by atoms with Crippen LogP contribution in [0.1, 0.15) is 0 Å². The molecule has 11 aromatic rings. The second kappa shape index (κ2) is 12.3. The van der Waals surface area contributed by atoms with Gasteiger partial charge in [-0.2, -0.15) is 0 Å². The van der Waals surface area contributed by atoms with Crippen LogP contribution in [-0.4, -0.2) is 4.98 Å². The maximum atomic E-state index is 5.08. The summed E-state index contributed by atoms with van der Waals surface area (Å²) in [6.07, 6.45) is 1.93. The van der Waals surface area contributed by atoms with Crippen LogP contribution in [0.2, 0.25) is 0 Å². The molecule has 0 saturated heterocycles. The first kappa shape index (κ1) is 30.5. The number of fused-ring (bicyclic) bond motifs is 6. The number of benzene rings is 10. The molecule has 0 N–H and O–H groups in total. The predicted octanol–water partition coefficient (Wildman–Crippen LogP) is 14.7. The van der Waals surface area contributed by atoms with Gasteiger partial charge < -0.3 is 0 Å². The molecule has 1 heteroatoms. The Balaban J connectivity index is 1.02. The molecule has 0 unspecified atom stereocenters. The highest BCUT2D eigenvalue weighted by atomic mass is 14.7. The predicted molar refractivity (Wildman–Crippen MR) is 231 cm³/mol. The van der Waals surface area contributed by atoms with Crippen LogP contribution in [0.4, 0.5) is 0 Å².